The van der Waals surface area contributed by atoms with Crippen LogP contribution in [0.1, 0.15) is 79.1 Å². The van der Waals surface area contributed by atoms with Gasteiger partial charge in [0.25, 0.3) is 0 Å². The molecule has 2 aliphatic heterocycles. The molecular formula is C27H42O5. The van der Waals surface area contributed by atoms with E-state index >= 15 is 0 Å². The minimum absolute atomic E-state index is 0.0940. The van der Waals surface area contributed by atoms with Gasteiger partial charge in [0, 0.05) is 24.7 Å². The molecule has 6 aliphatic rings. The average molecular weight is 447 g/mol. The second-order valence-corrected chi connectivity index (χ2v) is 13.2. The maximum atomic E-state index is 13.4. The topological polar surface area (TPSA) is 76.0 Å². The number of ketones is 1. The SMILES string of the molecule is C[C@@H]1CC[C@@]2(OC1)O[C@H]1C[C@H]3[C@@H]4CC(=O)[C@@H]5C[C@@H](O)[C@@H](O)C[C@]5(C)[C@H]4CC[C@]3(C)[C@H]1[C@@H]2C. The van der Waals surface area contributed by atoms with Crippen LogP contribution in [0.3, 0.4) is 0 Å². The van der Waals surface area contributed by atoms with Gasteiger partial charge in [0.05, 0.1) is 24.9 Å². The van der Waals surface area contributed by atoms with Crippen LogP contribution < -0.4 is 0 Å². The molecule has 0 aromatic heterocycles. The van der Waals surface area contributed by atoms with Crippen molar-refractivity contribution in [3.63, 3.8) is 0 Å². The highest BCUT2D eigenvalue weighted by Crippen LogP contribution is 2.71. The second kappa shape index (κ2) is 7.02. The van der Waals surface area contributed by atoms with Gasteiger partial charge in [0.2, 0.25) is 0 Å². The Morgan fingerprint density at radius 2 is 1.75 bits per heavy atom. The Labute approximate surface area is 192 Å². The zero-order valence-electron chi connectivity index (χ0n) is 20.3. The normalized spacial score (nSPS) is 61.8. The van der Waals surface area contributed by atoms with Crippen molar-refractivity contribution in [3.8, 4) is 0 Å². The fourth-order valence-corrected chi connectivity index (χ4v) is 10.1. The van der Waals surface area contributed by atoms with Crippen LogP contribution in [-0.4, -0.2) is 46.7 Å². The van der Waals surface area contributed by atoms with Crippen molar-refractivity contribution in [3.05, 3.63) is 0 Å². The molecule has 6 fully saturated rings. The summed E-state index contributed by atoms with van der Waals surface area (Å²) in [5, 5.41) is 20.8. The Bertz CT molecular complexity index is 789. The van der Waals surface area contributed by atoms with E-state index < -0.39 is 18.0 Å². The monoisotopic (exact) mass is 446 g/mol. The Morgan fingerprint density at radius 1 is 0.969 bits per heavy atom. The molecule has 13 atom stereocenters. The lowest BCUT2D eigenvalue weighted by molar-refractivity contribution is -0.273. The average Bonchev–Trinajstić information content (AvgIpc) is 3.18. The molecule has 1 spiro atoms. The molecule has 2 heterocycles. The number of carbonyl (C=O) groups excluding carboxylic acids is 1. The Balaban J connectivity index is 1.29. The summed E-state index contributed by atoms with van der Waals surface area (Å²) in [6, 6.07) is 0. The minimum Gasteiger partial charge on any atom is -0.390 e. The van der Waals surface area contributed by atoms with Gasteiger partial charge in [0.15, 0.2) is 5.79 Å². The Morgan fingerprint density at radius 3 is 2.47 bits per heavy atom. The van der Waals surface area contributed by atoms with Crippen LogP contribution in [0.15, 0.2) is 0 Å². The molecule has 4 saturated carbocycles. The molecule has 0 bridgehead atoms. The molecule has 4 aliphatic carbocycles. The fourth-order valence-electron chi connectivity index (χ4n) is 10.1. The number of rotatable bonds is 0. The van der Waals surface area contributed by atoms with Crippen molar-refractivity contribution in [1.29, 1.82) is 0 Å². The lowest BCUT2D eigenvalue weighted by Crippen LogP contribution is -2.59. The summed E-state index contributed by atoms with van der Waals surface area (Å²) in [5.74, 6) is 2.69. The summed E-state index contributed by atoms with van der Waals surface area (Å²) >= 11 is 0. The van der Waals surface area contributed by atoms with Gasteiger partial charge in [-0.2, -0.15) is 0 Å². The van der Waals surface area contributed by atoms with Gasteiger partial charge < -0.3 is 19.7 Å². The molecular weight excluding hydrogens is 404 g/mol. The van der Waals surface area contributed by atoms with Crippen molar-refractivity contribution in [1.82, 2.24) is 0 Å². The molecule has 180 valence electrons. The van der Waals surface area contributed by atoms with Crippen LogP contribution in [0.4, 0.5) is 0 Å². The summed E-state index contributed by atoms with van der Waals surface area (Å²) in [6.07, 6.45) is 5.97. The van der Waals surface area contributed by atoms with E-state index in [4.69, 9.17) is 9.47 Å². The van der Waals surface area contributed by atoms with Crippen molar-refractivity contribution < 1.29 is 24.5 Å². The molecule has 0 amide bonds. The first-order valence-corrected chi connectivity index (χ1v) is 13.3. The highest BCUT2D eigenvalue weighted by Gasteiger charge is 2.70. The van der Waals surface area contributed by atoms with Gasteiger partial charge in [-0.05, 0) is 78.9 Å². The molecule has 0 aromatic carbocycles. The van der Waals surface area contributed by atoms with Crippen LogP contribution in [0.2, 0.25) is 0 Å². The quantitative estimate of drug-likeness (QED) is 0.589. The van der Waals surface area contributed by atoms with Crippen molar-refractivity contribution in [2.24, 2.45) is 52.3 Å². The summed E-state index contributed by atoms with van der Waals surface area (Å²) in [6.45, 7) is 10.2. The first-order chi connectivity index (χ1) is 15.1. The van der Waals surface area contributed by atoms with E-state index in [0.29, 0.717) is 60.6 Å². The number of hydrogen-bond donors (Lipinski definition) is 2. The van der Waals surface area contributed by atoms with Crippen LogP contribution in [0.25, 0.3) is 0 Å². The zero-order chi connectivity index (χ0) is 22.6. The highest BCUT2D eigenvalue weighted by atomic mass is 16.7. The number of aliphatic hydroxyl groups excluding tert-OH is 2. The van der Waals surface area contributed by atoms with E-state index in [-0.39, 0.29) is 22.9 Å². The molecule has 32 heavy (non-hydrogen) atoms. The maximum Gasteiger partial charge on any atom is 0.171 e. The van der Waals surface area contributed by atoms with Crippen LogP contribution in [0, 0.1) is 52.3 Å². The van der Waals surface area contributed by atoms with Gasteiger partial charge in [-0.15, -0.1) is 0 Å². The summed E-state index contributed by atoms with van der Waals surface area (Å²) < 4.78 is 13.2. The van der Waals surface area contributed by atoms with Gasteiger partial charge in [-0.25, -0.2) is 0 Å². The number of hydrogen-bond acceptors (Lipinski definition) is 5. The van der Waals surface area contributed by atoms with Gasteiger partial charge in [-0.1, -0.05) is 27.7 Å². The number of carbonyl (C=O) groups is 1. The summed E-state index contributed by atoms with van der Waals surface area (Å²) in [5.41, 5.74) is 0.00540. The molecule has 2 N–H and O–H groups in total. The van der Waals surface area contributed by atoms with E-state index in [1.807, 2.05) is 0 Å². The smallest absolute Gasteiger partial charge is 0.171 e. The van der Waals surface area contributed by atoms with E-state index in [2.05, 4.69) is 27.7 Å². The first kappa shape index (κ1) is 22.0. The molecule has 0 radical (unpaired) electrons. The molecule has 6 rings (SSSR count). The molecule has 0 aromatic rings. The van der Waals surface area contributed by atoms with E-state index in [1.165, 1.54) is 12.8 Å². The standard InChI is InChI=1S/C27H42O5/c1-14-5-8-27(31-13-14)15(2)24-23(32-27)11-18-16-9-20(28)19-10-21(29)22(30)12-26(19,4)17(16)6-7-25(18,24)3/h14-19,21-24,29-30H,5-13H2,1-4H3/t14-,15+,16-,17+,18+,19+,21-,22+,23+,24+,25+,26-,27-/m1/s1. The largest absolute Gasteiger partial charge is 0.390 e. The predicted molar refractivity (Wildman–Crippen MR) is 120 cm³/mol. The number of Topliss-reactive ketones (excluding diaryl/α,β-unsaturated/α-hetero) is 1. The molecule has 0 unspecified atom stereocenters. The predicted octanol–water partition coefficient (Wildman–Crippen LogP) is 3.94. The van der Waals surface area contributed by atoms with E-state index in [1.54, 1.807) is 0 Å². The third-order valence-electron chi connectivity index (χ3n) is 11.7. The van der Waals surface area contributed by atoms with Crippen LogP contribution >= 0.6 is 0 Å². The van der Waals surface area contributed by atoms with Crippen molar-refractivity contribution in [2.45, 2.75) is 103 Å². The summed E-state index contributed by atoms with van der Waals surface area (Å²) in [4.78, 5) is 13.4. The Hall–Kier alpha value is -0.490. The lowest BCUT2D eigenvalue weighted by atomic mass is 9.44. The number of aliphatic hydroxyl groups is 2. The van der Waals surface area contributed by atoms with Gasteiger partial charge in [-0.3, -0.25) is 4.79 Å². The number of ether oxygens (including phenoxy) is 2. The molecule has 5 heteroatoms. The first-order valence-electron chi connectivity index (χ1n) is 13.3. The highest BCUT2D eigenvalue weighted by molar-refractivity contribution is 5.83. The Kier molecular flexibility index (Phi) is 4.83. The lowest BCUT2D eigenvalue weighted by Gasteiger charge is -2.61. The van der Waals surface area contributed by atoms with Gasteiger partial charge >= 0.3 is 0 Å². The third kappa shape index (κ3) is 2.74. The van der Waals surface area contributed by atoms with Crippen LogP contribution in [0.5, 0.6) is 0 Å². The van der Waals surface area contributed by atoms with E-state index in [0.717, 1.165) is 25.9 Å². The van der Waals surface area contributed by atoms with Crippen molar-refractivity contribution >= 4 is 5.78 Å². The number of fused-ring (bicyclic) bond motifs is 7. The molecule has 2 saturated heterocycles. The minimum atomic E-state index is -0.753. The van der Waals surface area contributed by atoms with Crippen molar-refractivity contribution in [2.75, 3.05) is 6.61 Å². The summed E-state index contributed by atoms with van der Waals surface area (Å²) in [7, 11) is 0. The molecule has 5 nitrogen and oxygen atoms in total. The van der Waals surface area contributed by atoms with Crippen LogP contribution in [-0.2, 0) is 14.3 Å². The van der Waals surface area contributed by atoms with Gasteiger partial charge in [0.1, 0.15) is 5.78 Å². The fraction of sp³-hybridized carbons (Fsp3) is 0.963. The zero-order valence-corrected chi connectivity index (χ0v) is 20.3. The third-order valence-corrected chi connectivity index (χ3v) is 11.7. The van der Waals surface area contributed by atoms with E-state index in [9.17, 15) is 15.0 Å². The second-order valence-electron chi connectivity index (χ2n) is 13.2. The maximum absolute atomic E-state index is 13.4.